The lowest BCUT2D eigenvalue weighted by atomic mass is 10.1. The molecular weight excluding hydrogens is 316 g/mol. The van der Waals surface area contributed by atoms with E-state index < -0.39 is 0 Å². The van der Waals surface area contributed by atoms with E-state index in [9.17, 15) is 4.79 Å². The first-order chi connectivity index (χ1) is 9.67. The molecule has 0 aliphatic heterocycles. The Labute approximate surface area is 125 Å². The lowest BCUT2D eigenvalue weighted by Gasteiger charge is -2.01. The average Bonchev–Trinajstić information content (AvgIpc) is 2.48. The standard InChI is InChI=1S/C16H11BrN2O/c17-14-6-8-15(9-7-14)19-16(20)10-5-12-1-3-13(11-18)4-2-12/h1-10H,(H,19,20). The van der Waals surface area contributed by atoms with Gasteiger partial charge in [-0.3, -0.25) is 4.79 Å². The van der Waals surface area contributed by atoms with E-state index in [1.165, 1.54) is 6.08 Å². The Balaban J connectivity index is 1.98. The van der Waals surface area contributed by atoms with Crippen LogP contribution in [0.4, 0.5) is 5.69 Å². The Bertz CT molecular complexity index is 667. The number of carbonyl (C=O) groups is 1. The molecule has 0 heterocycles. The van der Waals surface area contributed by atoms with Gasteiger partial charge in [-0.05, 0) is 48.0 Å². The molecule has 0 bridgehead atoms. The van der Waals surface area contributed by atoms with E-state index in [-0.39, 0.29) is 5.91 Å². The summed E-state index contributed by atoms with van der Waals surface area (Å²) >= 11 is 3.34. The van der Waals surface area contributed by atoms with Crippen molar-refractivity contribution in [1.82, 2.24) is 0 Å². The highest BCUT2D eigenvalue weighted by Gasteiger charge is 1.97. The topological polar surface area (TPSA) is 52.9 Å². The van der Waals surface area contributed by atoms with Gasteiger partial charge in [0.2, 0.25) is 5.91 Å². The van der Waals surface area contributed by atoms with Crippen LogP contribution in [0.3, 0.4) is 0 Å². The van der Waals surface area contributed by atoms with Crippen LogP contribution in [0.5, 0.6) is 0 Å². The summed E-state index contributed by atoms with van der Waals surface area (Å²) < 4.78 is 0.962. The number of nitriles is 1. The van der Waals surface area contributed by atoms with Crippen LogP contribution in [-0.4, -0.2) is 5.91 Å². The number of hydrogen-bond acceptors (Lipinski definition) is 2. The number of anilines is 1. The van der Waals surface area contributed by atoms with Gasteiger partial charge in [-0.1, -0.05) is 28.1 Å². The molecule has 0 radical (unpaired) electrons. The molecule has 0 unspecified atom stereocenters. The van der Waals surface area contributed by atoms with E-state index >= 15 is 0 Å². The quantitative estimate of drug-likeness (QED) is 0.867. The van der Waals surface area contributed by atoms with E-state index in [0.717, 1.165) is 15.7 Å². The molecule has 0 aromatic heterocycles. The van der Waals surface area contributed by atoms with Gasteiger partial charge in [0.15, 0.2) is 0 Å². The van der Waals surface area contributed by atoms with Crippen molar-refractivity contribution in [2.24, 2.45) is 0 Å². The van der Waals surface area contributed by atoms with E-state index in [0.29, 0.717) is 5.56 Å². The van der Waals surface area contributed by atoms with Crippen LogP contribution < -0.4 is 5.32 Å². The first-order valence-corrected chi connectivity index (χ1v) is 6.71. The Hall–Kier alpha value is -2.38. The molecule has 0 aliphatic rings. The predicted octanol–water partition coefficient (Wildman–Crippen LogP) is 3.97. The van der Waals surface area contributed by atoms with Crippen molar-refractivity contribution in [2.75, 3.05) is 5.32 Å². The zero-order valence-electron chi connectivity index (χ0n) is 10.5. The first kappa shape index (κ1) is 14.0. The summed E-state index contributed by atoms with van der Waals surface area (Å²) in [5, 5.41) is 11.5. The molecule has 0 fully saturated rings. The van der Waals surface area contributed by atoms with Gasteiger partial charge in [-0.15, -0.1) is 0 Å². The van der Waals surface area contributed by atoms with Crippen molar-refractivity contribution < 1.29 is 4.79 Å². The molecule has 2 aromatic rings. The van der Waals surface area contributed by atoms with Crippen LogP contribution in [0.2, 0.25) is 0 Å². The lowest BCUT2D eigenvalue weighted by molar-refractivity contribution is -0.111. The van der Waals surface area contributed by atoms with Gasteiger partial charge in [0.05, 0.1) is 11.6 Å². The number of rotatable bonds is 3. The summed E-state index contributed by atoms with van der Waals surface area (Å²) in [4.78, 5) is 11.7. The lowest BCUT2D eigenvalue weighted by Crippen LogP contribution is -2.07. The summed E-state index contributed by atoms with van der Waals surface area (Å²) in [5.41, 5.74) is 2.21. The van der Waals surface area contributed by atoms with Gasteiger partial charge in [0, 0.05) is 16.2 Å². The first-order valence-electron chi connectivity index (χ1n) is 5.92. The van der Waals surface area contributed by atoms with Crippen molar-refractivity contribution in [3.05, 3.63) is 70.2 Å². The van der Waals surface area contributed by atoms with E-state index in [1.807, 2.05) is 30.3 Å². The SMILES string of the molecule is N#Cc1ccc(C=CC(=O)Nc2ccc(Br)cc2)cc1. The van der Waals surface area contributed by atoms with E-state index in [1.54, 1.807) is 30.3 Å². The minimum atomic E-state index is -0.198. The maximum absolute atomic E-state index is 11.7. The largest absolute Gasteiger partial charge is 0.323 e. The van der Waals surface area contributed by atoms with Crippen molar-refractivity contribution in [2.45, 2.75) is 0 Å². The summed E-state index contributed by atoms with van der Waals surface area (Å²) in [6.07, 6.45) is 3.17. The molecule has 3 nitrogen and oxygen atoms in total. The third-order valence-electron chi connectivity index (χ3n) is 2.58. The highest BCUT2D eigenvalue weighted by atomic mass is 79.9. The second-order valence-electron chi connectivity index (χ2n) is 4.06. The zero-order valence-corrected chi connectivity index (χ0v) is 12.1. The predicted molar refractivity (Wildman–Crippen MR) is 83.0 cm³/mol. The van der Waals surface area contributed by atoms with E-state index in [2.05, 4.69) is 21.2 Å². The van der Waals surface area contributed by atoms with Gasteiger partial charge >= 0.3 is 0 Å². The second kappa shape index (κ2) is 6.69. The van der Waals surface area contributed by atoms with Gasteiger partial charge in [0.1, 0.15) is 0 Å². The maximum Gasteiger partial charge on any atom is 0.248 e. The zero-order chi connectivity index (χ0) is 14.4. The monoisotopic (exact) mass is 326 g/mol. The molecule has 98 valence electrons. The maximum atomic E-state index is 11.7. The van der Waals surface area contributed by atoms with Crippen LogP contribution in [0, 0.1) is 11.3 Å². The Morgan fingerprint density at radius 1 is 1.10 bits per heavy atom. The summed E-state index contributed by atoms with van der Waals surface area (Å²) in [7, 11) is 0. The molecule has 0 atom stereocenters. The molecule has 4 heteroatoms. The molecule has 1 amide bonds. The molecular formula is C16H11BrN2O. The van der Waals surface area contributed by atoms with Crippen LogP contribution in [0.1, 0.15) is 11.1 Å². The van der Waals surface area contributed by atoms with Crippen LogP contribution in [0.15, 0.2) is 59.1 Å². The van der Waals surface area contributed by atoms with E-state index in [4.69, 9.17) is 5.26 Å². The summed E-state index contributed by atoms with van der Waals surface area (Å²) in [6, 6.07) is 16.4. The van der Waals surface area contributed by atoms with Gasteiger partial charge < -0.3 is 5.32 Å². The number of nitrogens with zero attached hydrogens (tertiary/aromatic N) is 1. The van der Waals surface area contributed by atoms with Gasteiger partial charge in [-0.2, -0.15) is 5.26 Å². The van der Waals surface area contributed by atoms with Crippen molar-refractivity contribution in [3.8, 4) is 6.07 Å². The molecule has 0 aliphatic carbocycles. The Morgan fingerprint density at radius 2 is 1.75 bits per heavy atom. The molecule has 1 N–H and O–H groups in total. The third kappa shape index (κ3) is 4.08. The molecule has 20 heavy (non-hydrogen) atoms. The average molecular weight is 327 g/mol. The normalized spacial score (nSPS) is 10.2. The number of amides is 1. The fourth-order valence-electron chi connectivity index (χ4n) is 1.56. The Kier molecular flexibility index (Phi) is 4.70. The Morgan fingerprint density at radius 3 is 2.35 bits per heavy atom. The second-order valence-corrected chi connectivity index (χ2v) is 4.98. The fourth-order valence-corrected chi connectivity index (χ4v) is 1.82. The van der Waals surface area contributed by atoms with Gasteiger partial charge in [0.25, 0.3) is 0 Å². The highest BCUT2D eigenvalue weighted by molar-refractivity contribution is 9.10. The number of halogens is 1. The van der Waals surface area contributed by atoms with Crippen LogP contribution in [-0.2, 0) is 4.79 Å². The molecule has 2 aromatic carbocycles. The minimum Gasteiger partial charge on any atom is -0.323 e. The minimum absolute atomic E-state index is 0.198. The fraction of sp³-hybridized carbons (Fsp3) is 0. The van der Waals surface area contributed by atoms with Gasteiger partial charge in [-0.25, -0.2) is 0 Å². The van der Waals surface area contributed by atoms with Crippen molar-refractivity contribution in [3.63, 3.8) is 0 Å². The number of hydrogen-bond donors (Lipinski definition) is 1. The number of nitrogens with one attached hydrogen (secondary N) is 1. The van der Waals surface area contributed by atoms with Crippen LogP contribution >= 0.6 is 15.9 Å². The molecule has 0 saturated carbocycles. The molecule has 0 saturated heterocycles. The molecule has 0 spiro atoms. The van der Waals surface area contributed by atoms with Crippen molar-refractivity contribution >= 4 is 33.6 Å². The summed E-state index contributed by atoms with van der Waals surface area (Å²) in [6.45, 7) is 0. The smallest absolute Gasteiger partial charge is 0.248 e. The molecule has 2 rings (SSSR count). The number of carbonyl (C=O) groups excluding carboxylic acids is 1. The summed E-state index contributed by atoms with van der Waals surface area (Å²) in [5.74, 6) is -0.198. The van der Waals surface area contributed by atoms with Crippen LogP contribution in [0.25, 0.3) is 6.08 Å². The third-order valence-corrected chi connectivity index (χ3v) is 3.11. The van der Waals surface area contributed by atoms with Crippen molar-refractivity contribution in [1.29, 1.82) is 5.26 Å². The highest BCUT2D eigenvalue weighted by Crippen LogP contribution is 2.14. The number of benzene rings is 2.